The van der Waals surface area contributed by atoms with Gasteiger partial charge in [0.2, 0.25) is 0 Å². The van der Waals surface area contributed by atoms with Gasteiger partial charge in [0, 0.05) is 12.4 Å². The number of nitrogens with zero attached hydrogens (tertiary/aromatic N) is 1. The molecule has 0 saturated carbocycles. The number of aromatic nitrogens is 1. The Bertz CT molecular complexity index is 886. The number of hydrogen-bond donors (Lipinski definition) is 3. The summed E-state index contributed by atoms with van der Waals surface area (Å²) in [6.45, 7) is 2.46. The van der Waals surface area contributed by atoms with Gasteiger partial charge in [-0.2, -0.15) is 0 Å². The van der Waals surface area contributed by atoms with Crippen molar-refractivity contribution in [2.24, 2.45) is 7.05 Å². The van der Waals surface area contributed by atoms with Crippen molar-refractivity contribution in [3.8, 4) is 5.75 Å². The van der Waals surface area contributed by atoms with E-state index in [2.05, 4.69) is 5.32 Å². The van der Waals surface area contributed by atoms with Crippen LogP contribution in [0, 0.1) is 5.82 Å². The fourth-order valence-electron chi connectivity index (χ4n) is 2.11. The number of fused-ring (bicyclic) bond motifs is 1. The van der Waals surface area contributed by atoms with Crippen LogP contribution in [0.3, 0.4) is 0 Å². The lowest BCUT2D eigenvalue weighted by Gasteiger charge is -2.21. The largest absolute Gasteiger partial charge is 0.506 e. The summed E-state index contributed by atoms with van der Waals surface area (Å²) in [5.74, 6) is -3.71. The maximum Gasteiger partial charge on any atom is 0.328 e. The molecule has 0 spiro atoms. The molecule has 7 nitrogen and oxygen atoms in total. The summed E-state index contributed by atoms with van der Waals surface area (Å²) in [5, 5.41) is 21.4. The first-order valence-electron chi connectivity index (χ1n) is 6.63. The van der Waals surface area contributed by atoms with Gasteiger partial charge in [-0.15, -0.1) is 0 Å². The zero-order valence-corrected chi connectivity index (χ0v) is 12.7. The summed E-state index contributed by atoms with van der Waals surface area (Å²) in [5.41, 5.74) is -2.87. The summed E-state index contributed by atoms with van der Waals surface area (Å²) in [7, 11) is 1.36. The van der Waals surface area contributed by atoms with Gasteiger partial charge >= 0.3 is 5.97 Å². The number of halogens is 1. The van der Waals surface area contributed by atoms with Crippen LogP contribution in [0.1, 0.15) is 24.2 Å². The van der Waals surface area contributed by atoms with Gasteiger partial charge in [-0.05, 0) is 32.0 Å². The van der Waals surface area contributed by atoms with Crippen LogP contribution in [0.5, 0.6) is 5.75 Å². The van der Waals surface area contributed by atoms with Crippen molar-refractivity contribution in [3.63, 3.8) is 0 Å². The van der Waals surface area contributed by atoms with E-state index >= 15 is 0 Å². The number of hydrogen-bond acceptors (Lipinski definition) is 4. The monoisotopic (exact) mass is 322 g/mol. The molecule has 1 aromatic heterocycles. The topological polar surface area (TPSA) is 109 Å². The fourth-order valence-corrected chi connectivity index (χ4v) is 2.11. The lowest BCUT2D eigenvalue weighted by Crippen LogP contribution is -2.50. The van der Waals surface area contributed by atoms with E-state index in [1.54, 1.807) is 0 Å². The average molecular weight is 322 g/mol. The Morgan fingerprint density at radius 1 is 1.30 bits per heavy atom. The normalized spacial score (nSPS) is 11.5. The molecule has 0 unspecified atom stereocenters. The highest BCUT2D eigenvalue weighted by Gasteiger charge is 2.32. The number of pyridine rings is 1. The van der Waals surface area contributed by atoms with Crippen LogP contribution >= 0.6 is 0 Å². The van der Waals surface area contributed by atoms with Gasteiger partial charge in [0.25, 0.3) is 11.5 Å². The molecule has 0 aliphatic rings. The molecule has 0 atom stereocenters. The molecule has 1 amide bonds. The van der Waals surface area contributed by atoms with Gasteiger partial charge in [0.05, 0.1) is 5.52 Å². The molecule has 0 fully saturated rings. The quantitative estimate of drug-likeness (QED) is 0.780. The molecule has 23 heavy (non-hydrogen) atoms. The minimum atomic E-state index is -1.65. The number of benzene rings is 1. The highest BCUT2D eigenvalue weighted by molar-refractivity contribution is 6.04. The number of nitrogens with one attached hydrogen (secondary N) is 1. The molecule has 8 heteroatoms. The van der Waals surface area contributed by atoms with E-state index in [4.69, 9.17) is 5.11 Å². The molecule has 3 N–H and O–H groups in total. The van der Waals surface area contributed by atoms with Gasteiger partial charge < -0.3 is 20.1 Å². The van der Waals surface area contributed by atoms with Crippen molar-refractivity contribution in [1.82, 2.24) is 9.88 Å². The van der Waals surface area contributed by atoms with E-state index in [0.717, 1.165) is 16.7 Å². The smallest absolute Gasteiger partial charge is 0.328 e. The first-order chi connectivity index (χ1) is 10.6. The van der Waals surface area contributed by atoms with Crippen molar-refractivity contribution in [1.29, 1.82) is 0 Å². The number of carboxylic acids is 1. The Balaban J connectivity index is 2.68. The van der Waals surface area contributed by atoms with Gasteiger partial charge in [-0.3, -0.25) is 9.59 Å². The van der Waals surface area contributed by atoms with E-state index in [1.807, 2.05) is 0 Å². The Labute approximate surface area is 130 Å². The lowest BCUT2D eigenvalue weighted by molar-refractivity contribution is -0.143. The molecule has 122 valence electrons. The Morgan fingerprint density at radius 2 is 1.91 bits per heavy atom. The first-order valence-corrected chi connectivity index (χ1v) is 6.63. The van der Waals surface area contributed by atoms with Crippen LogP contribution in [-0.2, 0) is 11.8 Å². The lowest BCUT2D eigenvalue weighted by atomic mass is 10.0. The van der Waals surface area contributed by atoms with E-state index in [-0.39, 0.29) is 10.9 Å². The maximum atomic E-state index is 13.4. The minimum absolute atomic E-state index is 0.0228. The number of rotatable bonds is 3. The number of aryl methyl sites for hydroxylation is 1. The Morgan fingerprint density at radius 3 is 2.48 bits per heavy atom. The second-order valence-electron chi connectivity index (χ2n) is 5.63. The second kappa shape index (κ2) is 5.38. The van der Waals surface area contributed by atoms with Crippen LogP contribution < -0.4 is 10.9 Å². The van der Waals surface area contributed by atoms with Crippen molar-refractivity contribution >= 4 is 22.8 Å². The SMILES string of the molecule is Cn1c(=O)c(C(=O)NC(C)(C)C(=O)O)c(O)c2cc(F)ccc21. The van der Waals surface area contributed by atoms with Crippen molar-refractivity contribution in [2.45, 2.75) is 19.4 Å². The minimum Gasteiger partial charge on any atom is -0.506 e. The molecular formula is C15H15FN2O5. The number of carbonyl (C=O) groups excluding carboxylic acids is 1. The van der Waals surface area contributed by atoms with Crippen LogP contribution in [0.15, 0.2) is 23.0 Å². The van der Waals surface area contributed by atoms with Gasteiger partial charge in [0.1, 0.15) is 22.7 Å². The highest BCUT2D eigenvalue weighted by Crippen LogP contribution is 2.27. The number of aliphatic carboxylic acids is 1. The average Bonchev–Trinajstić information content (AvgIpc) is 2.44. The zero-order chi connectivity index (χ0) is 17.5. The molecule has 2 rings (SSSR count). The Kier molecular flexibility index (Phi) is 3.85. The van der Waals surface area contributed by atoms with Crippen molar-refractivity contribution in [3.05, 3.63) is 39.9 Å². The van der Waals surface area contributed by atoms with Crippen molar-refractivity contribution < 1.29 is 24.2 Å². The third-order valence-electron chi connectivity index (χ3n) is 3.52. The predicted octanol–water partition coefficient (Wildman–Crippen LogP) is 0.976. The third-order valence-corrected chi connectivity index (χ3v) is 3.52. The van der Waals surface area contributed by atoms with E-state index in [1.165, 1.54) is 27.0 Å². The van der Waals surface area contributed by atoms with Crippen LogP contribution in [0.2, 0.25) is 0 Å². The summed E-state index contributed by atoms with van der Waals surface area (Å²) >= 11 is 0. The summed E-state index contributed by atoms with van der Waals surface area (Å²) in [6, 6.07) is 3.41. The van der Waals surface area contributed by atoms with Crippen LogP contribution in [0.4, 0.5) is 4.39 Å². The zero-order valence-electron chi connectivity index (χ0n) is 12.7. The standard InChI is InChI=1S/C15H15FN2O5/c1-15(2,14(22)23)17-12(20)10-11(19)8-6-7(16)4-5-9(8)18(3)13(10)21/h4-6,19H,1-3H3,(H,17,20)(H,22,23). The van der Waals surface area contributed by atoms with E-state index < -0.39 is 40.1 Å². The van der Waals surface area contributed by atoms with Gasteiger partial charge in [-0.1, -0.05) is 0 Å². The molecule has 0 aliphatic carbocycles. The van der Waals surface area contributed by atoms with Crippen LogP contribution in [0.25, 0.3) is 10.9 Å². The Hall–Kier alpha value is -2.90. The first kappa shape index (κ1) is 16.5. The predicted molar refractivity (Wildman–Crippen MR) is 80.0 cm³/mol. The van der Waals surface area contributed by atoms with Crippen molar-refractivity contribution in [2.75, 3.05) is 0 Å². The molecule has 0 aliphatic heterocycles. The molecule has 2 aromatic rings. The third kappa shape index (κ3) is 2.75. The molecule has 0 bridgehead atoms. The molecule has 0 saturated heterocycles. The van der Waals surface area contributed by atoms with Gasteiger partial charge in [0.15, 0.2) is 0 Å². The molecule has 1 heterocycles. The second-order valence-corrected chi connectivity index (χ2v) is 5.63. The molecule has 0 radical (unpaired) electrons. The maximum absolute atomic E-state index is 13.4. The summed E-state index contributed by atoms with van der Waals surface area (Å²) < 4.78 is 14.5. The van der Waals surface area contributed by atoms with E-state index in [0.29, 0.717) is 0 Å². The highest BCUT2D eigenvalue weighted by atomic mass is 19.1. The fraction of sp³-hybridized carbons (Fsp3) is 0.267. The summed E-state index contributed by atoms with van der Waals surface area (Å²) in [6.07, 6.45) is 0. The number of carboxylic acid groups (broad SMARTS) is 1. The molecular weight excluding hydrogens is 307 g/mol. The van der Waals surface area contributed by atoms with Crippen LogP contribution in [-0.4, -0.2) is 32.2 Å². The van der Waals surface area contributed by atoms with Gasteiger partial charge in [-0.25, -0.2) is 9.18 Å². The summed E-state index contributed by atoms with van der Waals surface area (Å²) in [4.78, 5) is 35.6. The number of carbonyl (C=O) groups is 2. The molecule has 1 aromatic carbocycles. The van der Waals surface area contributed by atoms with E-state index in [9.17, 15) is 23.9 Å². The number of amides is 1. The number of aromatic hydroxyl groups is 1.